The highest BCUT2D eigenvalue weighted by molar-refractivity contribution is 5.45. The minimum atomic E-state index is 0.290. The average Bonchev–Trinajstić information content (AvgIpc) is 2.94. The van der Waals surface area contributed by atoms with Gasteiger partial charge in [0.15, 0.2) is 0 Å². The van der Waals surface area contributed by atoms with Crippen LogP contribution in [0.5, 0.6) is 5.88 Å². The van der Waals surface area contributed by atoms with Gasteiger partial charge in [-0.25, -0.2) is 9.97 Å². The maximum absolute atomic E-state index is 5.65. The molecule has 0 aliphatic carbocycles. The maximum Gasteiger partial charge on any atom is 0.218 e. The average molecular weight is 303 g/mol. The topological polar surface area (TPSA) is 65.3 Å². The minimum Gasteiger partial charge on any atom is -0.481 e. The van der Waals surface area contributed by atoms with Gasteiger partial charge in [-0.05, 0) is 6.92 Å². The number of hydrogen-bond acceptors (Lipinski definition) is 6. The Bertz CT molecular complexity index is 643. The zero-order chi connectivity index (χ0) is 15.5. The number of anilines is 1. The number of fused-ring (bicyclic) bond motifs is 1. The van der Waals surface area contributed by atoms with E-state index in [0.717, 1.165) is 18.9 Å². The highest BCUT2D eigenvalue weighted by atomic mass is 16.5. The fraction of sp³-hybridized carbons (Fsp3) is 0.533. The minimum absolute atomic E-state index is 0.290. The third kappa shape index (κ3) is 2.76. The Labute approximate surface area is 129 Å². The molecule has 0 saturated carbocycles. The van der Waals surface area contributed by atoms with E-state index in [-0.39, 0.29) is 0 Å². The van der Waals surface area contributed by atoms with Gasteiger partial charge in [-0.3, -0.25) is 4.68 Å². The summed E-state index contributed by atoms with van der Waals surface area (Å²) in [4.78, 5) is 10.7. The van der Waals surface area contributed by atoms with Crippen molar-refractivity contribution in [2.45, 2.75) is 19.4 Å². The number of hydrogen-bond donors (Lipinski definition) is 0. The van der Waals surface area contributed by atoms with E-state index in [1.807, 2.05) is 30.9 Å². The summed E-state index contributed by atoms with van der Waals surface area (Å²) in [6.45, 7) is 5.04. The van der Waals surface area contributed by atoms with Crippen LogP contribution in [0.1, 0.15) is 24.1 Å². The van der Waals surface area contributed by atoms with Crippen molar-refractivity contribution in [2.75, 3.05) is 31.8 Å². The number of ether oxygens (including phenoxy) is 2. The lowest BCUT2D eigenvalue weighted by molar-refractivity contribution is 0.131. The van der Waals surface area contributed by atoms with E-state index in [1.165, 1.54) is 17.6 Å². The second-order valence-corrected chi connectivity index (χ2v) is 5.33. The van der Waals surface area contributed by atoms with Gasteiger partial charge < -0.3 is 14.4 Å². The Hall–Kier alpha value is -2.15. The Kier molecular flexibility index (Phi) is 4.24. The smallest absolute Gasteiger partial charge is 0.218 e. The van der Waals surface area contributed by atoms with Crippen molar-refractivity contribution in [3.05, 3.63) is 29.8 Å². The Balaban J connectivity index is 1.89. The molecular weight excluding hydrogens is 282 g/mol. The Morgan fingerprint density at radius 1 is 1.36 bits per heavy atom. The molecule has 0 bridgehead atoms. The largest absolute Gasteiger partial charge is 0.481 e. The lowest BCUT2D eigenvalue weighted by atomic mass is 9.95. The molecule has 7 nitrogen and oxygen atoms in total. The molecule has 3 rings (SSSR count). The second kappa shape index (κ2) is 6.31. The van der Waals surface area contributed by atoms with Gasteiger partial charge in [-0.15, -0.1) is 0 Å². The third-order valence-electron chi connectivity index (χ3n) is 4.00. The van der Waals surface area contributed by atoms with Crippen LogP contribution in [0.15, 0.2) is 18.6 Å². The van der Waals surface area contributed by atoms with Crippen molar-refractivity contribution in [3.8, 4) is 5.88 Å². The monoisotopic (exact) mass is 303 g/mol. The Morgan fingerprint density at radius 2 is 2.23 bits per heavy atom. The molecule has 2 aromatic rings. The molecule has 1 unspecified atom stereocenters. The normalized spacial score (nSPS) is 17.4. The summed E-state index contributed by atoms with van der Waals surface area (Å²) in [7, 11) is 3.58. The molecular formula is C15H21N5O2. The summed E-state index contributed by atoms with van der Waals surface area (Å²) in [6.07, 6.45) is 3.49. The van der Waals surface area contributed by atoms with Crippen LogP contribution >= 0.6 is 0 Å². The van der Waals surface area contributed by atoms with Crippen molar-refractivity contribution in [2.24, 2.45) is 7.05 Å². The van der Waals surface area contributed by atoms with E-state index in [0.29, 0.717) is 25.0 Å². The van der Waals surface area contributed by atoms with Crippen LogP contribution < -0.4 is 9.64 Å². The summed E-state index contributed by atoms with van der Waals surface area (Å²) in [5.74, 6) is 1.72. The van der Waals surface area contributed by atoms with Crippen LogP contribution in [0.3, 0.4) is 0 Å². The van der Waals surface area contributed by atoms with Crippen LogP contribution in [0.2, 0.25) is 0 Å². The summed E-state index contributed by atoms with van der Waals surface area (Å²) < 4.78 is 12.8. The first-order valence-electron chi connectivity index (χ1n) is 7.42. The van der Waals surface area contributed by atoms with Crippen molar-refractivity contribution >= 4 is 5.82 Å². The molecule has 0 saturated heterocycles. The SMILES string of the molecule is CCOCC1CN(c2cc(OC)ncn2)Cc2c1cnn2C. The molecule has 118 valence electrons. The first-order chi connectivity index (χ1) is 10.7. The summed E-state index contributed by atoms with van der Waals surface area (Å²) in [5, 5.41) is 4.40. The van der Waals surface area contributed by atoms with E-state index in [1.54, 1.807) is 7.11 Å². The molecule has 3 heterocycles. The zero-order valence-electron chi connectivity index (χ0n) is 13.2. The number of nitrogens with zero attached hydrogens (tertiary/aromatic N) is 5. The van der Waals surface area contributed by atoms with Crippen molar-refractivity contribution in [1.82, 2.24) is 19.7 Å². The van der Waals surface area contributed by atoms with Crippen LogP contribution in [-0.2, 0) is 18.3 Å². The second-order valence-electron chi connectivity index (χ2n) is 5.33. The predicted molar refractivity (Wildman–Crippen MR) is 82.1 cm³/mol. The third-order valence-corrected chi connectivity index (χ3v) is 4.00. The predicted octanol–water partition coefficient (Wildman–Crippen LogP) is 1.36. The van der Waals surface area contributed by atoms with E-state index in [2.05, 4.69) is 20.0 Å². The summed E-state index contributed by atoms with van der Waals surface area (Å²) in [5.41, 5.74) is 2.47. The number of rotatable bonds is 5. The van der Waals surface area contributed by atoms with Gasteiger partial charge in [0, 0.05) is 37.7 Å². The first-order valence-corrected chi connectivity index (χ1v) is 7.42. The molecule has 22 heavy (non-hydrogen) atoms. The molecule has 0 spiro atoms. The van der Waals surface area contributed by atoms with Gasteiger partial charge in [0.1, 0.15) is 12.1 Å². The maximum atomic E-state index is 5.65. The molecule has 0 amide bonds. The van der Waals surface area contributed by atoms with Gasteiger partial charge in [-0.2, -0.15) is 5.10 Å². The number of aromatic nitrogens is 4. The molecule has 1 atom stereocenters. The number of aryl methyl sites for hydroxylation is 1. The molecule has 0 aromatic carbocycles. The van der Waals surface area contributed by atoms with E-state index in [4.69, 9.17) is 9.47 Å². The first kappa shape index (κ1) is 14.8. The van der Waals surface area contributed by atoms with Gasteiger partial charge in [0.2, 0.25) is 5.88 Å². The summed E-state index contributed by atoms with van der Waals surface area (Å²) in [6, 6.07) is 1.86. The van der Waals surface area contributed by atoms with Crippen molar-refractivity contribution in [1.29, 1.82) is 0 Å². The van der Waals surface area contributed by atoms with Crippen LogP contribution in [0.25, 0.3) is 0 Å². The lowest BCUT2D eigenvalue weighted by Gasteiger charge is -2.33. The van der Waals surface area contributed by atoms with Crippen molar-refractivity contribution in [3.63, 3.8) is 0 Å². The van der Waals surface area contributed by atoms with Crippen molar-refractivity contribution < 1.29 is 9.47 Å². The summed E-state index contributed by atoms with van der Waals surface area (Å²) >= 11 is 0. The van der Waals surface area contributed by atoms with Crippen LogP contribution in [-0.4, -0.2) is 46.6 Å². The zero-order valence-corrected chi connectivity index (χ0v) is 13.2. The van der Waals surface area contributed by atoms with E-state index >= 15 is 0 Å². The van der Waals surface area contributed by atoms with E-state index in [9.17, 15) is 0 Å². The Morgan fingerprint density at radius 3 is 3.00 bits per heavy atom. The van der Waals surface area contributed by atoms with Gasteiger partial charge >= 0.3 is 0 Å². The van der Waals surface area contributed by atoms with Crippen LogP contribution in [0.4, 0.5) is 5.82 Å². The fourth-order valence-corrected chi connectivity index (χ4v) is 2.82. The fourth-order valence-electron chi connectivity index (χ4n) is 2.82. The molecule has 2 aromatic heterocycles. The molecule has 1 aliphatic heterocycles. The molecule has 1 aliphatic rings. The number of methoxy groups -OCH3 is 1. The quantitative estimate of drug-likeness (QED) is 0.831. The van der Waals surface area contributed by atoms with E-state index < -0.39 is 0 Å². The van der Waals surface area contributed by atoms with Gasteiger partial charge in [0.25, 0.3) is 0 Å². The lowest BCUT2D eigenvalue weighted by Crippen LogP contribution is -2.36. The molecule has 0 radical (unpaired) electrons. The molecule has 0 N–H and O–H groups in total. The van der Waals surface area contributed by atoms with Gasteiger partial charge in [-0.1, -0.05) is 0 Å². The molecule has 0 fully saturated rings. The molecule has 7 heteroatoms. The standard InChI is InChI=1S/C15H21N5O2/c1-4-22-9-11-7-20(8-13-12(11)6-18-19(13)2)14-5-15(21-3)17-10-16-14/h5-6,10-11H,4,7-9H2,1-3H3. The van der Waals surface area contributed by atoms with Crippen LogP contribution in [0, 0.1) is 0 Å². The highest BCUT2D eigenvalue weighted by Crippen LogP contribution is 2.31. The highest BCUT2D eigenvalue weighted by Gasteiger charge is 2.29. The van der Waals surface area contributed by atoms with Gasteiger partial charge in [0.05, 0.1) is 32.2 Å².